The van der Waals surface area contributed by atoms with Crippen LogP contribution in [0.4, 0.5) is 0 Å². The summed E-state index contributed by atoms with van der Waals surface area (Å²) in [5.41, 5.74) is 13.7. The Morgan fingerprint density at radius 1 is 1.23 bits per heavy atom. The highest BCUT2D eigenvalue weighted by atomic mass is 31.2. The van der Waals surface area contributed by atoms with Crippen molar-refractivity contribution in [3.8, 4) is 11.3 Å². The number of quaternary nitrogens is 1. The molecule has 1 atom stereocenters. The minimum atomic E-state index is -4.30. The van der Waals surface area contributed by atoms with Crippen LogP contribution in [0, 0.1) is 13.8 Å². The van der Waals surface area contributed by atoms with Crippen molar-refractivity contribution in [2.45, 2.75) is 78.7 Å². The molecule has 4 heterocycles. The average Bonchev–Trinajstić information content (AvgIpc) is 3.53. The smallest absolute Gasteiger partial charge is 0.365 e. The Morgan fingerprint density at radius 2 is 1.93 bits per heavy atom. The standard InChI is InChI=1S/C31H43N6O5P/c1-19(2)28-24-14-23(8-9-26(24)35-29(28)25-15-36-30(33-17-34-36)21(4)20(25)3)22-10-12-37(13-11-22,16-27(32)38)18-41-43(39,40)42-31(5,6)7/h8-9,14-15,17,19,22,35H,10-13,16,18H2,1-7H3,(H2-,32,38,39,40)/p+1. The number of pyridine rings is 1. The van der Waals surface area contributed by atoms with E-state index in [2.05, 4.69) is 67.2 Å². The van der Waals surface area contributed by atoms with E-state index in [0.717, 1.165) is 40.8 Å². The van der Waals surface area contributed by atoms with Gasteiger partial charge in [0.25, 0.3) is 5.91 Å². The van der Waals surface area contributed by atoms with Gasteiger partial charge in [-0.15, -0.1) is 0 Å². The lowest BCUT2D eigenvalue weighted by Gasteiger charge is -2.42. The lowest BCUT2D eigenvalue weighted by molar-refractivity contribution is -0.940. The number of aromatic amines is 1. The highest BCUT2D eigenvalue weighted by molar-refractivity contribution is 7.47. The molecular weight excluding hydrogens is 567 g/mol. The van der Waals surface area contributed by atoms with Gasteiger partial charge < -0.3 is 15.6 Å². The largest absolute Gasteiger partial charge is 0.477 e. The van der Waals surface area contributed by atoms with Crippen molar-refractivity contribution in [3.63, 3.8) is 0 Å². The molecule has 0 saturated carbocycles. The van der Waals surface area contributed by atoms with E-state index in [-0.39, 0.29) is 29.6 Å². The highest BCUT2D eigenvalue weighted by Gasteiger charge is 2.40. The van der Waals surface area contributed by atoms with Gasteiger partial charge in [0, 0.05) is 35.5 Å². The predicted octanol–water partition coefficient (Wildman–Crippen LogP) is 5.69. The number of likely N-dealkylation sites (tertiary alicyclic amines) is 1. The number of rotatable bonds is 9. The predicted molar refractivity (Wildman–Crippen MR) is 166 cm³/mol. The van der Waals surface area contributed by atoms with Crippen LogP contribution in [0.25, 0.3) is 27.8 Å². The monoisotopic (exact) mass is 611 g/mol. The van der Waals surface area contributed by atoms with Gasteiger partial charge in [0.15, 0.2) is 18.9 Å². The van der Waals surface area contributed by atoms with Crippen LogP contribution in [0.1, 0.15) is 81.5 Å². The number of aryl methyl sites for hydroxylation is 1. The number of primary amides is 1. The third-order valence-electron chi connectivity index (χ3n) is 8.59. The highest BCUT2D eigenvalue weighted by Crippen LogP contribution is 2.48. The first-order valence-electron chi connectivity index (χ1n) is 14.8. The van der Waals surface area contributed by atoms with Crippen LogP contribution in [0.3, 0.4) is 0 Å². The normalized spacial score (nSPS) is 21.1. The van der Waals surface area contributed by atoms with Crippen LogP contribution in [0.5, 0.6) is 0 Å². The molecule has 5 rings (SSSR count). The van der Waals surface area contributed by atoms with Gasteiger partial charge in [-0.25, -0.2) is 18.6 Å². The number of benzene rings is 1. The number of piperidine rings is 1. The molecule has 1 saturated heterocycles. The second kappa shape index (κ2) is 11.4. The van der Waals surface area contributed by atoms with E-state index in [1.807, 2.05) is 4.52 Å². The number of amides is 1. The first-order valence-corrected chi connectivity index (χ1v) is 16.3. The van der Waals surface area contributed by atoms with E-state index < -0.39 is 19.3 Å². The first kappa shape index (κ1) is 31.3. The maximum atomic E-state index is 12.6. The summed E-state index contributed by atoms with van der Waals surface area (Å²) in [7, 11) is -4.30. The number of nitrogens with two attached hydrogens (primary N) is 1. The number of carbonyl (C=O) groups is 1. The van der Waals surface area contributed by atoms with Gasteiger partial charge in [0.1, 0.15) is 6.33 Å². The molecule has 232 valence electrons. The van der Waals surface area contributed by atoms with Crippen molar-refractivity contribution in [2.24, 2.45) is 5.73 Å². The average molecular weight is 612 g/mol. The van der Waals surface area contributed by atoms with Crippen LogP contribution in [-0.4, -0.2) is 66.8 Å². The Kier molecular flexibility index (Phi) is 8.35. The summed E-state index contributed by atoms with van der Waals surface area (Å²) in [6, 6.07) is 6.64. The Balaban J connectivity index is 1.42. The zero-order valence-corrected chi connectivity index (χ0v) is 27.1. The molecule has 1 aromatic carbocycles. The molecule has 1 unspecified atom stereocenters. The number of carbonyl (C=O) groups excluding carboxylic acids is 1. The first-order chi connectivity index (χ1) is 20.1. The van der Waals surface area contributed by atoms with E-state index in [4.69, 9.17) is 14.8 Å². The molecule has 11 nitrogen and oxygen atoms in total. The van der Waals surface area contributed by atoms with Gasteiger partial charge in [0.05, 0.1) is 24.4 Å². The molecule has 0 radical (unpaired) electrons. The molecule has 0 aliphatic carbocycles. The molecule has 1 aliphatic rings. The fourth-order valence-electron chi connectivity index (χ4n) is 6.43. The van der Waals surface area contributed by atoms with Crippen molar-refractivity contribution in [2.75, 3.05) is 26.4 Å². The number of H-pyrrole nitrogens is 1. The molecule has 1 amide bonds. The van der Waals surface area contributed by atoms with Gasteiger partial charge >= 0.3 is 7.82 Å². The maximum Gasteiger partial charge on any atom is 0.477 e. The number of nitrogens with zero attached hydrogens (tertiary/aromatic N) is 4. The summed E-state index contributed by atoms with van der Waals surface area (Å²) >= 11 is 0. The molecule has 1 fully saturated rings. The van der Waals surface area contributed by atoms with Crippen molar-refractivity contribution >= 4 is 30.3 Å². The van der Waals surface area contributed by atoms with E-state index in [1.54, 1.807) is 27.1 Å². The number of nitrogens with one attached hydrogen (secondary N) is 1. The molecule has 4 N–H and O–H groups in total. The lowest BCUT2D eigenvalue weighted by Crippen LogP contribution is -2.57. The van der Waals surface area contributed by atoms with Crippen molar-refractivity contribution in [1.82, 2.24) is 19.6 Å². The fraction of sp³-hybridized carbons (Fsp3) is 0.516. The molecule has 0 bridgehead atoms. The van der Waals surface area contributed by atoms with Crippen LogP contribution < -0.4 is 5.73 Å². The van der Waals surface area contributed by atoms with Gasteiger partial charge in [-0.2, -0.15) is 5.10 Å². The second-order valence-electron chi connectivity index (χ2n) is 13.3. The Morgan fingerprint density at radius 3 is 2.56 bits per heavy atom. The van der Waals surface area contributed by atoms with Gasteiger partial charge in [-0.1, -0.05) is 19.9 Å². The second-order valence-corrected chi connectivity index (χ2v) is 14.7. The Labute approximate surface area is 252 Å². The Bertz CT molecular complexity index is 1710. The summed E-state index contributed by atoms with van der Waals surface area (Å²) < 4.78 is 25.3. The Hall–Kier alpha value is -3.08. The maximum absolute atomic E-state index is 12.6. The molecule has 1 aliphatic heterocycles. The van der Waals surface area contributed by atoms with Crippen LogP contribution in [0.15, 0.2) is 30.7 Å². The van der Waals surface area contributed by atoms with E-state index in [9.17, 15) is 14.3 Å². The number of hydrogen-bond donors (Lipinski definition) is 3. The minimum Gasteiger partial charge on any atom is -0.365 e. The molecular formula is C31H44N6O5P+. The summed E-state index contributed by atoms with van der Waals surface area (Å²) in [6.07, 6.45) is 5.21. The molecule has 43 heavy (non-hydrogen) atoms. The third-order valence-corrected chi connectivity index (χ3v) is 9.81. The number of phosphoric ester groups is 1. The van der Waals surface area contributed by atoms with Gasteiger partial charge in [-0.3, -0.25) is 13.8 Å². The van der Waals surface area contributed by atoms with Gasteiger partial charge in [0.2, 0.25) is 0 Å². The van der Waals surface area contributed by atoms with Crippen LogP contribution >= 0.6 is 7.82 Å². The van der Waals surface area contributed by atoms with Crippen molar-refractivity contribution in [1.29, 1.82) is 0 Å². The molecule has 0 spiro atoms. The van der Waals surface area contributed by atoms with Crippen molar-refractivity contribution < 1.29 is 27.8 Å². The van der Waals surface area contributed by atoms with E-state index >= 15 is 0 Å². The third kappa shape index (κ3) is 6.56. The summed E-state index contributed by atoms with van der Waals surface area (Å²) in [5.74, 6) is 0.0752. The lowest BCUT2D eigenvalue weighted by atomic mass is 9.86. The number of aromatic nitrogens is 4. The van der Waals surface area contributed by atoms with E-state index in [1.165, 1.54) is 22.1 Å². The zero-order valence-electron chi connectivity index (χ0n) is 26.2. The summed E-state index contributed by atoms with van der Waals surface area (Å²) in [4.78, 5) is 30.4. The number of phosphoric acid groups is 1. The fourth-order valence-corrected chi connectivity index (χ4v) is 7.57. The molecule has 12 heteroatoms. The quantitative estimate of drug-likeness (QED) is 0.163. The van der Waals surface area contributed by atoms with Crippen molar-refractivity contribution in [3.05, 3.63) is 53.0 Å². The molecule has 4 aromatic rings. The van der Waals surface area contributed by atoms with Crippen LogP contribution in [-0.2, 0) is 18.4 Å². The van der Waals surface area contributed by atoms with Crippen LogP contribution in [0.2, 0.25) is 0 Å². The summed E-state index contributed by atoms with van der Waals surface area (Å²) in [6.45, 7) is 14.8. The topological polar surface area (TPSA) is 145 Å². The molecule has 3 aromatic heterocycles. The minimum absolute atomic E-state index is 0.0365. The number of hydrogen-bond acceptors (Lipinski definition) is 6. The van der Waals surface area contributed by atoms with E-state index in [0.29, 0.717) is 13.1 Å². The number of fused-ring (bicyclic) bond motifs is 2. The van der Waals surface area contributed by atoms with Gasteiger partial charge in [-0.05, 0) is 80.8 Å². The summed E-state index contributed by atoms with van der Waals surface area (Å²) in [5, 5.41) is 5.60. The SMILES string of the molecule is Cc1c(-c2[nH]c3ccc(C4CC[N+](COP(=O)(O)OC(C)(C)C)(CC(N)=O)CC4)cc3c2C(C)C)cn2ncnc2c1C. The zero-order chi connectivity index (χ0) is 31.3.